The number of likely N-dealkylation sites (tertiary alicyclic amines) is 1. The van der Waals surface area contributed by atoms with E-state index in [4.69, 9.17) is 11.6 Å². The Hall–Kier alpha value is -3.59. The zero-order valence-corrected chi connectivity index (χ0v) is 21.8. The van der Waals surface area contributed by atoms with Gasteiger partial charge in [-0.15, -0.1) is 0 Å². The standard InChI is InChI=1S/C27H31ClN4O5/c1-16-4-11-22(17-5-7-19(28)8-6-17)32(16)23(33)15-31(26(36)37)24(34)27(2)13-12-18-14-20(9-10-21(18)27)30-25(35)29-3/h5-10,14,16,22H,4,11-13,15H2,1-3H3,(H,36,37)(H2,29,30,35)/t16-,22+,27?/m1/s1. The Bertz CT molecular complexity index is 1230. The molecule has 37 heavy (non-hydrogen) atoms. The van der Waals surface area contributed by atoms with Crippen LogP contribution in [-0.4, -0.2) is 58.5 Å². The summed E-state index contributed by atoms with van der Waals surface area (Å²) in [6.07, 6.45) is 1.01. The molecular weight excluding hydrogens is 496 g/mol. The normalized spacial score (nSPS) is 22.3. The van der Waals surface area contributed by atoms with Crippen molar-refractivity contribution in [2.75, 3.05) is 18.9 Å². The SMILES string of the molecule is CNC(=O)Nc1ccc2c(c1)CCC2(C)C(=O)N(CC(=O)N1[C@H](C)CC[C@H]1c1ccc(Cl)cc1)C(=O)O. The summed E-state index contributed by atoms with van der Waals surface area (Å²) >= 11 is 6.02. The second kappa shape index (κ2) is 10.4. The van der Waals surface area contributed by atoms with Crippen molar-refractivity contribution in [2.24, 2.45) is 0 Å². The molecular formula is C27H31ClN4O5. The summed E-state index contributed by atoms with van der Waals surface area (Å²) < 4.78 is 0. The molecule has 0 spiro atoms. The van der Waals surface area contributed by atoms with Gasteiger partial charge in [0.2, 0.25) is 11.8 Å². The molecule has 2 aromatic rings. The third kappa shape index (κ3) is 5.13. The summed E-state index contributed by atoms with van der Waals surface area (Å²) in [5.74, 6) is -1.04. The predicted molar refractivity (Wildman–Crippen MR) is 140 cm³/mol. The number of aryl methyl sites for hydroxylation is 1. The van der Waals surface area contributed by atoms with E-state index in [1.165, 1.54) is 7.05 Å². The minimum atomic E-state index is -1.46. The molecule has 1 heterocycles. The van der Waals surface area contributed by atoms with Gasteiger partial charge in [-0.2, -0.15) is 0 Å². The molecule has 0 saturated carbocycles. The van der Waals surface area contributed by atoms with Gasteiger partial charge in [-0.3, -0.25) is 9.59 Å². The molecule has 1 aliphatic carbocycles. The number of hydrogen-bond donors (Lipinski definition) is 3. The Morgan fingerprint density at radius 3 is 2.49 bits per heavy atom. The maximum atomic E-state index is 13.7. The molecule has 1 aliphatic heterocycles. The number of carbonyl (C=O) groups excluding carboxylic acids is 3. The molecule has 5 amide bonds. The molecule has 0 aromatic heterocycles. The molecule has 196 valence electrons. The Balaban J connectivity index is 1.55. The number of rotatable bonds is 5. The van der Waals surface area contributed by atoms with E-state index in [-0.39, 0.29) is 18.1 Å². The van der Waals surface area contributed by atoms with Crippen molar-refractivity contribution in [1.29, 1.82) is 0 Å². The van der Waals surface area contributed by atoms with Crippen molar-refractivity contribution in [3.63, 3.8) is 0 Å². The topological polar surface area (TPSA) is 119 Å². The van der Waals surface area contributed by atoms with Crippen molar-refractivity contribution in [3.8, 4) is 0 Å². The number of urea groups is 1. The van der Waals surface area contributed by atoms with Crippen LogP contribution in [0, 0.1) is 0 Å². The lowest BCUT2D eigenvalue weighted by molar-refractivity contribution is -0.143. The first-order valence-corrected chi connectivity index (χ1v) is 12.7. The van der Waals surface area contributed by atoms with Crippen molar-refractivity contribution < 1.29 is 24.3 Å². The van der Waals surface area contributed by atoms with Gasteiger partial charge in [0, 0.05) is 23.8 Å². The van der Waals surface area contributed by atoms with E-state index >= 15 is 0 Å². The second-order valence-electron chi connectivity index (χ2n) is 9.88. The van der Waals surface area contributed by atoms with Crippen molar-refractivity contribution in [2.45, 2.75) is 57.0 Å². The zero-order valence-electron chi connectivity index (χ0n) is 21.1. The minimum Gasteiger partial charge on any atom is -0.465 e. The average Bonchev–Trinajstić information content (AvgIpc) is 3.42. The van der Waals surface area contributed by atoms with Crippen LogP contribution in [0.15, 0.2) is 42.5 Å². The molecule has 2 aliphatic rings. The van der Waals surface area contributed by atoms with Crippen LogP contribution in [0.2, 0.25) is 5.02 Å². The Morgan fingerprint density at radius 2 is 1.84 bits per heavy atom. The number of carboxylic acid groups (broad SMARTS) is 1. The third-order valence-electron chi connectivity index (χ3n) is 7.53. The number of halogens is 1. The summed E-state index contributed by atoms with van der Waals surface area (Å²) in [5, 5.41) is 15.8. The van der Waals surface area contributed by atoms with Gasteiger partial charge in [-0.05, 0) is 80.5 Å². The van der Waals surface area contributed by atoms with Crippen molar-refractivity contribution in [3.05, 3.63) is 64.2 Å². The third-order valence-corrected chi connectivity index (χ3v) is 7.78. The number of imide groups is 1. The van der Waals surface area contributed by atoms with E-state index in [2.05, 4.69) is 10.6 Å². The maximum absolute atomic E-state index is 13.7. The number of fused-ring (bicyclic) bond motifs is 1. The van der Waals surface area contributed by atoms with Gasteiger partial charge >= 0.3 is 12.1 Å². The van der Waals surface area contributed by atoms with Crippen LogP contribution >= 0.6 is 11.6 Å². The van der Waals surface area contributed by atoms with E-state index in [0.717, 1.165) is 24.0 Å². The second-order valence-corrected chi connectivity index (χ2v) is 10.3. The zero-order chi connectivity index (χ0) is 26.9. The average molecular weight is 527 g/mol. The van der Waals surface area contributed by atoms with Crippen LogP contribution in [0.5, 0.6) is 0 Å². The molecule has 3 atom stereocenters. The Morgan fingerprint density at radius 1 is 1.14 bits per heavy atom. The van der Waals surface area contributed by atoms with Crippen LogP contribution in [0.1, 0.15) is 55.8 Å². The monoisotopic (exact) mass is 526 g/mol. The molecule has 2 aromatic carbocycles. The molecule has 4 rings (SSSR count). The van der Waals surface area contributed by atoms with E-state index in [1.54, 1.807) is 42.2 Å². The van der Waals surface area contributed by atoms with Gasteiger partial charge < -0.3 is 20.6 Å². The largest absolute Gasteiger partial charge is 0.465 e. The molecule has 1 saturated heterocycles. The first-order chi connectivity index (χ1) is 17.5. The summed E-state index contributed by atoms with van der Waals surface area (Å²) in [6.45, 7) is 3.09. The van der Waals surface area contributed by atoms with Gasteiger partial charge in [0.05, 0.1) is 11.5 Å². The van der Waals surface area contributed by atoms with Gasteiger partial charge in [-0.25, -0.2) is 14.5 Å². The van der Waals surface area contributed by atoms with Crippen molar-refractivity contribution >= 4 is 41.2 Å². The molecule has 0 radical (unpaired) electrons. The fraction of sp³-hybridized carbons (Fsp3) is 0.407. The summed E-state index contributed by atoms with van der Waals surface area (Å²) in [7, 11) is 1.51. The van der Waals surface area contributed by atoms with Crippen molar-refractivity contribution in [1.82, 2.24) is 15.1 Å². The molecule has 1 unspecified atom stereocenters. The van der Waals surface area contributed by atoms with Crippen LogP contribution in [0.4, 0.5) is 15.3 Å². The molecule has 0 bridgehead atoms. The predicted octanol–water partition coefficient (Wildman–Crippen LogP) is 4.55. The summed E-state index contributed by atoms with van der Waals surface area (Å²) in [4.78, 5) is 53.4. The quantitative estimate of drug-likeness (QED) is 0.528. The Kier molecular flexibility index (Phi) is 7.45. The van der Waals surface area contributed by atoms with Crippen LogP contribution < -0.4 is 10.6 Å². The first-order valence-electron chi connectivity index (χ1n) is 12.3. The highest BCUT2D eigenvalue weighted by atomic mass is 35.5. The number of carbonyl (C=O) groups is 4. The fourth-order valence-electron chi connectivity index (χ4n) is 5.51. The highest BCUT2D eigenvalue weighted by Gasteiger charge is 2.46. The number of nitrogens with one attached hydrogen (secondary N) is 2. The van der Waals surface area contributed by atoms with Crippen LogP contribution in [-0.2, 0) is 21.4 Å². The lowest BCUT2D eigenvalue weighted by Crippen LogP contribution is -2.51. The Labute approximate surface area is 220 Å². The number of nitrogens with zero attached hydrogens (tertiary/aromatic N) is 2. The number of anilines is 1. The summed E-state index contributed by atoms with van der Waals surface area (Å²) in [6, 6.07) is 11.8. The maximum Gasteiger partial charge on any atom is 0.414 e. The van der Waals surface area contributed by atoms with Crippen LogP contribution in [0.3, 0.4) is 0 Å². The number of hydrogen-bond acceptors (Lipinski definition) is 4. The summed E-state index contributed by atoms with van der Waals surface area (Å²) in [5.41, 5.74) is 1.96. The van der Waals surface area contributed by atoms with Crippen LogP contribution in [0.25, 0.3) is 0 Å². The number of amides is 5. The van der Waals surface area contributed by atoms with Gasteiger partial charge in [0.25, 0.3) is 0 Å². The highest BCUT2D eigenvalue weighted by molar-refractivity contribution is 6.30. The smallest absolute Gasteiger partial charge is 0.414 e. The van der Waals surface area contributed by atoms with E-state index < -0.39 is 29.9 Å². The minimum absolute atomic E-state index is 0.0899. The first kappa shape index (κ1) is 26.5. The number of benzene rings is 2. The van der Waals surface area contributed by atoms with Gasteiger partial charge in [0.1, 0.15) is 6.54 Å². The lowest BCUT2D eigenvalue weighted by Gasteiger charge is -2.33. The lowest BCUT2D eigenvalue weighted by atomic mass is 9.82. The molecule has 1 fully saturated rings. The molecule has 3 N–H and O–H groups in total. The molecule has 9 nitrogen and oxygen atoms in total. The van der Waals surface area contributed by atoms with Gasteiger partial charge in [0.15, 0.2) is 0 Å². The van der Waals surface area contributed by atoms with E-state index in [1.807, 2.05) is 19.1 Å². The highest BCUT2D eigenvalue weighted by Crippen LogP contribution is 2.42. The van der Waals surface area contributed by atoms with E-state index in [0.29, 0.717) is 34.0 Å². The fourth-order valence-corrected chi connectivity index (χ4v) is 5.63. The van der Waals surface area contributed by atoms with E-state index in [9.17, 15) is 24.3 Å². The van der Waals surface area contributed by atoms with Gasteiger partial charge in [-0.1, -0.05) is 29.8 Å². The molecule has 10 heteroatoms.